The molecule has 0 saturated carbocycles. The number of aryl methyl sites for hydroxylation is 2. The number of nitrogens with zero attached hydrogens (tertiary/aromatic N) is 2. The lowest BCUT2D eigenvalue weighted by molar-refractivity contribution is -0.141. The minimum absolute atomic E-state index is 0.347. The van der Waals surface area contributed by atoms with Crippen LogP contribution in [0.5, 0.6) is 11.5 Å². The second-order valence-corrected chi connectivity index (χ2v) is 6.10. The third kappa shape index (κ3) is 5.75. The van der Waals surface area contributed by atoms with Crippen LogP contribution in [0.25, 0.3) is 0 Å². The van der Waals surface area contributed by atoms with Crippen molar-refractivity contribution in [1.29, 1.82) is 0 Å². The number of alkyl halides is 3. The number of hydrogen-bond donors (Lipinski definition) is 2. The molecule has 10 heteroatoms. The number of methoxy groups -OCH3 is 2. The van der Waals surface area contributed by atoms with Crippen LogP contribution in [0.1, 0.15) is 17.8 Å². The number of rotatable bonds is 7. The summed E-state index contributed by atoms with van der Waals surface area (Å²) in [4.78, 5) is 0. The zero-order valence-electron chi connectivity index (χ0n) is 15.2. The summed E-state index contributed by atoms with van der Waals surface area (Å²) in [6, 6.07) is 6.30. The number of aromatic nitrogens is 2. The number of benzene rings is 1. The number of hydrogen-bond acceptors (Lipinski definition) is 4. The molecule has 0 aliphatic heterocycles. The van der Waals surface area contributed by atoms with Gasteiger partial charge in [-0.3, -0.25) is 4.68 Å². The van der Waals surface area contributed by atoms with Gasteiger partial charge in [0, 0.05) is 24.8 Å². The molecular formula is C17H21F3N4O2S. The van der Waals surface area contributed by atoms with E-state index in [1.165, 1.54) is 4.68 Å². The van der Waals surface area contributed by atoms with Crippen LogP contribution < -0.4 is 20.1 Å². The molecule has 0 bridgehead atoms. The highest BCUT2D eigenvalue weighted by molar-refractivity contribution is 7.80. The third-order valence-electron chi connectivity index (χ3n) is 3.76. The maximum absolute atomic E-state index is 12.7. The summed E-state index contributed by atoms with van der Waals surface area (Å²) in [6.07, 6.45) is -3.88. The normalized spacial score (nSPS) is 11.2. The molecule has 0 radical (unpaired) electrons. The van der Waals surface area contributed by atoms with Gasteiger partial charge in [0.15, 0.2) is 10.8 Å². The van der Waals surface area contributed by atoms with Crippen molar-refractivity contribution in [3.63, 3.8) is 0 Å². The predicted molar refractivity (Wildman–Crippen MR) is 100 cm³/mol. The molecule has 0 atom stereocenters. The summed E-state index contributed by atoms with van der Waals surface area (Å²) in [5.74, 6) is 1.25. The van der Waals surface area contributed by atoms with Crippen molar-refractivity contribution in [2.24, 2.45) is 0 Å². The van der Waals surface area contributed by atoms with Crippen molar-refractivity contribution in [3.8, 4) is 11.5 Å². The van der Waals surface area contributed by atoms with Crippen LogP contribution in [0.15, 0.2) is 24.3 Å². The molecule has 0 amide bonds. The first-order chi connectivity index (χ1) is 12.7. The van der Waals surface area contributed by atoms with E-state index in [0.717, 1.165) is 6.07 Å². The smallest absolute Gasteiger partial charge is 0.435 e. The van der Waals surface area contributed by atoms with Crippen LogP contribution in [-0.4, -0.2) is 35.7 Å². The van der Waals surface area contributed by atoms with Crippen molar-refractivity contribution in [2.75, 3.05) is 26.1 Å². The van der Waals surface area contributed by atoms with Gasteiger partial charge in [-0.05, 0) is 43.8 Å². The van der Waals surface area contributed by atoms with E-state index < -0.39 is 11.9 Å². The highest BCUT2D eigenvalue weighted by Gasteiger charge is 2.34. The molecule has 0 saturated heterocycles. The zero-order chi connectivity index (χ0) is 20.0. The molecule has 0 spiro atoms. The van der Waals surface area contributed by atoms with E-state index in [1.54, 1.807) is 39.3 Å². The SMILES string of the molecule is COc1ccc(OC)c(NC(=S)NCCCn2nc(C(F)(F)F)cc2C)c1. The first kappa shape index (κ1) is 20.8. The van der Waals surface area contributed by atoms with Gasteiger partial charge < -0.3 is 20.1 Å². The fourth-order valence-electron chi connectivity index (χ4n) is 2.38. The van der Waals surface area contributed by atoms with E-state index in [1.807, 2.05) is 0 Å². The Hall–Kier alpha value is -2.49. The number of anilines is 1. The third-order valence-corrected chi connectivity index (χ3v) is 4.01. The first-order valence-electron chi connectivity index (χ1n) is 8.13. The molecular weight excluding hydrogens is 381 g/mol. The summed E-state index contributed by atoms with van der Waals surface area (Å²) < 4.78 is 49.8. The van der Waals surface area contributed by atoms with Crippen LogP contribution in [0.2, 0.25) is 0 Å². The van der Waals surface area contributed by atoms with Gasteiger partial charge >= 0.3 is 6.18 Å². The molecule has 1 aromatic carbocycles. The predicted octanol–water partition coefficient (Wildman–Crippen LogP) is 3.60. The molecule has 0 unspecified atom stereocenters. The van der Waals surface area contributed by atoms with Crippen molar-refractivity contribution in [2.45, 2.75) is 26.1 Å². The van der Waals surface area contributed by atoms with Gasteiger partial charge in [0.05, 0.1) is 19.9 Å². The Morgan fingerprint density at radius 1 is 1.22 bits per heavy atom. The topological polar surface area (TPSA) is 60.3 Å². The highest BCUT2D eigenvalue weighted by atomic mass is 32.1. The van der Waals surface area contributed by atoms with Crippen molar-refractivity contribution in [3.05, 3.63) is 35.7 Å². The summed E-state index contributed by atoms with van der Waals surface area (Å²) >= 11 is 5.24. The Balaban J connectivity index is 1.84. The minimum Gasteiger partial charge on any atom is -0.497 e. The van der Waals surface area contributed by atoms with Gasteiger partial charge in [-0.15, -0.1) is 0 Å². The molecule has 0 aliphatic carbocycles. The summed E-state index contributed by atoms with van der Waals surface area (Å²) in [5.41, 5.74) is 0.228. The lowest BCUT2D eigenvalue weighted by Gasteiger charge is -2.14. The molecule has 1 heterocycles. The second kappa shape index (κ2) is 8.94. The van der Waals surface area contributed by atoms with Gasteiger partial charge in [0.1, 0.15) is 11.5 Å². The molecule has 0 aliphatic rings. The summed E-state index contributed by atoms with van der Waals surface area (Å²) in [5, 5.41) is 9.98. The first-order valence-corrected chi connectivity index (χ1v) is 8.54. The zero-order valence-corrected chi connectivity index (χ0v) is 16.0. The Bertz CT molecular complexity index is 793. The maximum atomic E-state index is 12.7. The molecule has 2 N–H and O–H groups in total. The van der Waals surface area contributed by atoms with Crippen LogP contribution in [0.3, 0.4) is 0 Å². The number of halogens is 3. The fourth-order valence-corrected chi connectivity index (χ4v) is 2.60. The minimum atomic E-state index is -4.43. The van der Waals surface area contributed by atoms with Crippen LogP contribution >= 0.6 is 12.2 Å². The molecule has 27 heavy (non-hydrogen) atoms. The van der Waals surface area contributed by atoms with Gasteiger partial charge in [-0.25, -0.2) is 0 Å². The van der Waals surface area contributed by atoms with Gasteiger partial charge in [0.2, 0.25) is 0 Å². The van der Waals surface area contributed by atoms with Crippen molar-refractivity contribution in [1.82, 2.24) is 15.1 Å². The molecule has 148 valence electrons. The number of ether oxygens (including phenoxy) is 2. The number of thiocarbonyl (C=S) groups is 1. The quantitative estimate of drug-likeness (QED) is 0.545. The average molecular weight is 402 g/mol. The van der Waals surface area contributed by atoms with Gasteiger partial charge in [-0.1, -0.05) is 0 Å². The fraction of sp³-hybridized carbons (Fsp3) is 0.412. The lowest BCUT2D eigenvalue weighted by atomic mass is 10.2. The molecule has 2 rings (SSSR count). The van der Waals surface area contributed by atoms with Crippen LogP contribution in [-0.2, 0) is 12.7 Å². The van der Waals surface area contributed by atoms with Crippen molar-refractivity contribution < 1.29 is 22.6 Å². The van der Waals surface area contributed by atoms with E-state index in [2.05, 4.69) is 15.7 Å². The lowest BCUT2D eigenvalue weighted by Crippen LogP contribution is -2.30. The molecule has 6 nitrogen and oxygen atoms in total. The number of nitrogens with one attached hydrogen (secondary N) is 2. The van der Waals surface area contributed by atoms with Gasteiger partial charge in [0.25, 0.3) is 0 Å². The average Bonchev–Trinajstić information content (AvgIpc) is 3.00. The van der Waals surface area contributed by atoms with E-state index in [0.29, 0.717) is 47.5 Å². The second-order valence-electron chi connectivity index (χ2n) is 5.69. The van der Waals surface area contributed by atoms with Crippen LogP contribution in [0.4, 0.5) is 18.9 Å². The monoisotopic (exact) mass is 402 g/mol. The Labute approximate surface area is 160 Å². The summed E-state index contributed by atoms with van der Waals surface area (Å²) in [7, 11) is 3.11. The molecule has 0 fully saturated rings. The Morgan fingerprint density at radius 3 is 2.56 bits per heavy atom. The Morgan fingerprint density at radius 2 is 1.96 bits per heavy atom. The van der Waals surface area contributed by atoms with Crippen molar-refractivity contribution >= 4 is 23.0 Å². The van der Waals surface area contributed by atoms with E-state index in [4.69, 9.17) is 21.7 Å². The molecule has 1 aromatic heterocycles. The van der Waals surface area contributed by atoms with Crippen LogP contribution in [0, 0.1) is 6.92 Å². The Kier molecular flexibility index (Phi) is 6.89. The summed E-state index contributed by atoms with van der Waals surface area (Å²) in [6.45, 7) is 2.41. The largest absolute Gasteiger partial charge is 0.497 e. The van der Waals surface area contributed by atoms with Gasteiger partial charge in [-0.2, -0.15) is 18.3 Å². The van der Waals surface area contributed by atoms with E-state index in [9.17, 15) is 13.2 Å². The highest BCUT2D eigenvalue weighted by Crippen LogP contribution is 2.29. The maximum Gasteiger partial charge on any atom is 0.435 e. The molecule has 2 aromatic rings. The standard InChI is InChI=1S/C17H21F3N4O2S/c1-11-9-15(17(18,19)20)23-24(11)8-4-7-21-16(27)22-13-10-12(25-2)5-6-14(13)26-3/h5-6,9-10H,4,7-8H2,1-3H3,(H2,21,22,27). The van der Waals surface area contributed by atoms with E-state index in [-0.39, 0.29) is 0 Å². The van der Waals surface area contributed by atoms with E-state index >= 15 is 0 Å².